The summed E-state index contributed by atoms with van der Waals surface area (Å²) in [6.45, 7) is 5.03. The molecule has 1 aromatic carbocycles. The van der Waals surface area contributed by atoms with Gasteiger partial charge in [-0.1, -0.05) is 25.5 Å². The van der Waals surface area contributed by atoms with Crippen molar-refractivity contribution in [2.24, 2.45) is 5.73 Å². The number of benzene rings is 1. The first-order valence-electron chi connectivity index (χ1n) is 7.27. The summed E-state index contributed by atoms with van der Waals surface area (Å²) in [6, 6.07) is 8.52. The minimum Gasteiger partial charge on any atom is -0.336 e. The summed E-state index contributed by atoms with van der Waals surface area (Å²) in [7, 11) is 0. The van der Waals surface area contributed by atoms with Crippen LogP contribution in [0.3, 0.4) is 0 Å². The van der Waals surface area contributed by atoms with Crippen LogP contribution in [0, 0.1) is 0 Å². The predicted molar refractivity (Wildman–Crippen MR) is 78.1 cm³/mol. The van der Waals surface area contributed by atoms with Gasteiger partial charge in [0, 0.05) is 24.2 Å². The molecule has 2 N–H and O–H groups in total. The summed E-state index contributed by atoms with van der Waals surface area (Å²) < 4.78 is 0. The number of carbonyl (C=O) groups is 1. The summed E-state index contributed by atoms with van der Waals surface area (Å²) in [5.41, 5.74) is 8.03. The number of rotatable bonds is 3. The molecule has 2 rings (SSSR count). The van der Waals surface area contributed by atoms with Gasteiger partial charge in [0.2, 0.25) is 0 Å². The topological polar surface area (TPSA) is 46.3 Å². The molecule has 1 aromatic rings. The molecule has 1 saturated heterocycles. The van der Waals surface area contributed by atoms with Crippen LogP contribution in [-0.4, -0.2) is 29.4 Å². The normalized spacial score (nSPS) is 23.4. The summed E-state index contributed by atoms with van der Waals surface area (Å²) in [5, 5.41) is 0. The number of amides is 1. The Balaban J connectivity index is 2.06. The number of aryl methyl sites for hydroxylation is 1. The maximum absolute atomic E-state index is 12.5. The van der Waals surface area contributed by atoms with Crippen LogP contribution in [0.5, 0.6) is 0 Å². The lowest BCUT2D eigenvalue weighted by atomic mass is 9.98. The van der Waals surface area contributed by atoms with E-state index in [-0.39, 0.29) is 18.0 Å². The Morgan fingerprint density at radius 2 is 2.05 bits per heavy atom. The maximum atomic E-state index is 12.5. The van der Waals surface area contributed by atoms with Crippen molar-refractivity contribution < 1.29 is 4.79 Å². The molecule has 1 heterocycles. The van der Waals surface area contributed by atoms with Gasteiger partial charge in [-0.25, -0.2) is 0 Å². The van der Waals surface area contributed by atoms with Crippen molar-refractivity contribution in [3.8, 4) is 0 Å². The van der Waals surface area contributed by atoms with Gasteiger partial charge < -0.3 is 10.6 Å². The Morgan fingerprint density at radius 3 is 2.63 bits per heavy atom. The Hall–Kier alpha value is -1.35. The molecule has 0 bridgehead atoms. The van der Waals surface area contributed by atoms with Crippen LogP contribution in [0.4, 0.5) is 0 Å². The van der Waals surface area contributed by atoms with E-state index >= 15 is 0 Å². The first-order chi connectivity index (χ1) is 9.11. The molecule has 0 saturated carbocycles. The quantitative estimate of drug-likeness (QED) is 0.908. The molecule has 3 heteroatoms. The van der Waals surface area contributed by atoms with Gasteiger partial charge in [-0.05, 0) is 43.9 Å². The molecule has 3 nitrogen and oxygen atoms in total. The van der Waals surface area contributed by atoms with E-state index in [9.17, 15) is 4.79 Å². The summed E-state index contributed by atoms with van der Waals surface area (Å²) in [5.74, 6) is 0.141. The third kappa shape index (κ3) is 3.35. The zero-order valence-electron chi connectivity index (χ0n) is 11.9. The number of hydrogen-bond donors (Lipinski definition) is 1. The van der Waals surface area contributed by atoms with Crippen molar-refractivity contribution in [3.05, 3.63) is 35.4 Å². The molecule has 0 aromatic heterocycles. The Kier molecular flexibility index (Phi) is 4.59. The van der Waals surface area contributed by atoms with Gasteiger partial charge >= 0.3 is 0 Å². The van der Waals surface area contributed by atoms with Crippen LogP contribution in [-0.2, 0) is 6.42 Å². The molecule has 1 aliphatic rings. The second kappa shape index (κ2) is 6.20. The Labute approximate surface area is 115 Å². The SMILES string of the molecule is CCCc1ccc(C(=O)N2CC[C@@H](N)C[C@@H]2C)cc1. The van der Waals surface area contributed by atoms with Crippen molar-refractivity contribution >= 4 is 5.91 Å². The lowest BCUT2D eigenvalue weighted by molar-refractivity contribution is 0.0619. The van der Waals surface area contributed by atoms with Crippen LogP contribution >= 0.6 is 0 Å². The molecular formula is C16H24N2O. The van der Waals surface area contributed by atoms with Crippen LogP contribution in [0.1, 0.15) is 49.0 Å². The average Bonchev–Trinajstić information content (AvgIpc) is 2.39. The third-order valence-electron chi connectivity index (χ3n) is 3.92. The molecule has 0 spiro atoms. The summed E-state index contributed by atoms with van der Waals surface area (Å²) in [4.78, 5) is 14.4. The molecule has 1 aliphatic heterocycles. The predicted octanol–water partition coefficient (Wildman–Crippen LogP) is 2.59. The largest absolute Gasteiger partial charge is 0.336 e. The van der Waals surface area contributed by atoms with E-state index < -0.39 is 0 Å². The molecule has 0 aliphatic carbocycles. The van der Waals surface area contributed by atoms with Gasteiger partial charge in [0.1, 0.15) is 0 Å². The minimum absolute atomic E-state index is 0.141. The van der Waals surface area contributed by atoms with Gasteiger partial charge in [-0.3, -0.25) is 4.79 Å². The summed E-state index contributed by atoms with van der Waals surface area (Å²) >= 11 is 0. The monoisotopic (exact) mass is 260 g/mol. The lowest BCUT2D eigenvalue weighted by Gasteiger charge is -2.36. The van der Waals surface area contributed by atoms with E-state index in [4.69, 9.17) is 5.73 Å². The highest BCUT2D eigenvalue weighted by Gasteiger charge is 2.27. The maximum Gasteiger partial charge on any atom is 0.254 e. The number of piperidine rings is 1. The van der Waals surface area contributed by atoms with Gasteiger partial charge in [0.25, 0.3) is 5.91 Å². The number of carbonyl (C=O) groups excluding carboxylic acids is 1. The second-order valence-corrected chi connectivity index (χ2v) is 5.58. The van der Waals surface area contributed by atoms with Crippen molar-refractivity contribution in [2.75, 3.05) is 6.54 Å². The minimum atomic E-state index is 0.141. The zero-order valence-corrected chi connectivity index (χ0v) is 11.9. The van der Waals surface area contributed by atoms with E-state index in [1.165, 1.54) is 5.56 Å². The van der Waals surface area contributed by atoms with Crippen LogP contribution < -0.4 is 5.73 Å². The van der Waals surface area contributed by atoms with E-state index in [1.54, 1.807) is 0 Å². The zero-order chi connectivity index (χ0) is 13.8. The first kappa shape index (κ1) is 14.1. The molecule has 1 amide bonds. The molecule has 1 fully saturated rings. The number of hydrogen-bond acceptors (Lipinski definition) is 2. The van der Waals surface area contributed by atoms with E-state index in [0.717, 1.165) is 37.8 Å². The van der Waals surface area contributed by atoms with E-state index in [1.807, 2.05) is 17.0 Å². The standard InChI is InChI=1S/C16H24N2O/c1-3-4-13-5-7-14(8-6-13)16(19)18-10-9-15(17)11-12(18)2/h5-8,12,15H,3-4,9-11,17H2,1-2H3/t12-,15+/m0/s1. The van der Waals surface area contributed by atoms with Crippen LogP contribution in [0.2, 0.25) is 0 Å². The highest BCUT2D eigenvalue weighted by molar-refractivity contribution is 5.94. The molecular weight excluding hydrogens is 236 g/mol. The fourth-order valence-corrected chi connectivity index (χ4v) is 2.78. The molecule has 2 atom stereocenters. The van der Waals surface area contributed by atoms with Crippen molar-refractivity contribution in [3.63, 3.8) is 0 Å². The fourth-order valence-electron chi connectivity index (χ4n) is 2.78. The molecule has 104 valence electrons. The molecule has 0 radical (unpaired) electrons. The average molecular weight is 260 g/mol. The summed E-state index contributed by atoms with van der Waals surface area (Å²) in [6.07, 6.45) is 4.02. The van der Waals surface area contributed by atoms with Crippen molar-refractivity contribution in [1.82, 2.24) is 4.90 Å². The molecule has 19 heavy (non-hydrogen) atoms. The molecule has 0 unspecified atom stereocenters. The number of nitrogens with zero attached hydrogens (tertiary/aromatic N) is 1. The lowest BCUT2D eigenvalue weighted by Crippen LogP contribution is -2.48. The van der Waals surface area contributed by atoms with E-state index in [0.29, 0.717) is 0 Å². The Bertz CT molecular complexity index is 427. The first-order valence-corrected chi connectivity index (χ1v) is 7.27. The highest BCUT2D eigenvalue weighted by atomic mass is 16.2. The van der Waals surface area contributed by atoms with Gasteiger partial charge in [0.15, 0.2) is 0 Å². The Morgan fingerprint density at radius 1 is 1.37 bits per heavy atom. The fraction of sp³-hybridized carbons (Fsp3) is 0.562. The number of nitrogens with two attached hydrogens (primary N) is 1. The van der Waals surface area contributed by atoms with Crippen molar-refractivity contribution in [2.45, 2.75) is 51.6 Å². The van der Waals surface area contributed by atoms with Crippen LogP contribution in [0.25, 0.3) is 0 Å². The number of likely N-dealkylation sites (tertiary alicyclic amines) is 1. The van der Waals surface area contributed by atoms with Gasteiger partial charge in [-0.15, -0.1) is 0 Å². The smallest absolute Gasteiger partial charge is 0.254 e. The van der Waals surface area contributed by atoms with Crippen molar-refractivity contribution in [1.29, 1.82) is 0 Å². The van der Waals surface area contributed by atoms with Crippen LogP contribution in [0.15, 0.2) is 24.3 Å². The highest BCUT2D eigenvalue weighted by Crippen LogP contribution is 2.19. The van der Waals surface area contributed by atoms with Gasteiger partial charge in [0.05, 0.1) is 0 Å². The van der Waals surface area contributed by atoms with E-state index in [2.05, 4.69) is 26.0 Å². The van der Waals surface area contributed by atoms with Gasteiger partial charge in [-0.2, -0.15) is 0 Å². The second-order valence-electron chi connectivity index (χ2n) is 5.58. The third-order valence-corrected chi connectivity index (χ3v) is 3.92.